The summed E-state index contributed by atoms with van der Waals surface area (Å²) in [5.41, 5.74) is 0.855. The molecular weight excluding hydrogens is 240 g/mol. The number of ether oxygens (including phenoxy) is 1. The topological polar surface area (TPSA) is 46.5 Å². The van der Waals surface area contributed by atoms with Crippen molar-refractivity contribution in [1.29, 1.82) is 0 Å². The van der Waals surface area contributed by atoms with Crippen molar-refractivity contribution in [1.82, 2.24) is 0 Å². The van der Waals surface area contributed by atoms with Crippen molar-refractivity contribution in [3.05, 3.63) is 35.9 Å². The minimum atomic E-state index is -0.940. The highest BCUT2D eigenvalue weighted by atomic mass is 16.5. The predicted molar refractivity (Wildman–Crippen MR) is 77.3 cm³/mol. The van der Waals surface area contributed by atoms with Crippen LogP contribution in [0.5, 0.6) is 5.75 Å². The fourth-order valence-corrected chi connectivity index (χ4v) is 1.80. The molecule has 1 aromatic carbocycles. The van der Waals surface area contributed by atoms with E-state index in [0.717, 1.165) is 23.8 Å². The van der Waals surface area contributed by atoms with E-state index in [1.165, 1.54) is 19.3 Å². The summed E-state index contributed by atoms with van der Waals surface area (Å²) in [5, 5.41) is 8.54. The van der Waals surface area contributed by atoms with Gasteiger partial charge in [-0.25, -0.2) is 4.79 Å². The molecule has 0 aliphatic heterocycles. The molecule has 1 N–H and O–H groups in total. The van der Waals surface area contributed by atoms with Crippen LogP contribution in [0, 0.1) is 0 Å². The first-order valence-electron chi connectivity index (χ1n) is 6.79. The van der Waals surface area contributed by atoms with Crippen LogP contribution in [0.2, 0.25) is 0 Å². The van der Waals surface area contributed by atoms with Crippen molar-refractivity contribution in [3.63, 3.8) is 0 Å². The number of hydrogen-bond donors (Lipinski definition) is 1. The van der Waals surface area contributed by atoms with Gasteiger partial charge in [0, 0.05) is 6.08 Å². The standard InChI is InChI=1S/C16H22O3/c1-3-4-5-6-13(2)19-15-10-7-14(8-11-15)9-12-16(17)18/h7-13H,3-6H2,1-2H3,(H,17,18). The normalized spacial score (nSPS) is 12.5. The van der Waals surface area contributed by atoms with Gasteiger partial charge in [0.15, 0.2) is 0 Å². The zero-order valence-electron chi connectivity index (χ0n) is 11.6. The number of carboxylic acids is 1. The largest absolute Gasteiger partial charge is 0.491 e. The Balaban J connectivity index is 2.45. The summed E-state index contributed by atoms with van der Waals surface area (Å²) in [6.45, 7) is 4.27. The molecular formula is C16H22O3. The van der Waals surface area contributed by atoms with Crippen LogP contribution in [0.1, 0.15) is 45.1 Å². The van der Waals surface area contributed by atoms with Crippen LogP contribution >= 0.6 is 0 Å². The molecule has 3 nitrogen and oxygen atoms in total. The molecule has 104 valence electrons. The molecule has 1 atom stereocenters. The van der Waals surface area contributed by atoms with Crippen LogP contribution in [0.3, 0.4) is 0 Å². The third-order valence-electron chi connectivity index (χ3n) is 2.85. The fraction of sp³-hybridized carbons (Fsp3) is 0.438. The highest BCUT2D eigenvalue weighted by Gasteiger charge is 2.03. The smallest absolute Gasteiger partial charge is 0.328 e. The van der Waals surface area contributed by atoms with E-state index in [1.807, 2.05) is 24.3 Å². The maximum Gasteiger partial charge on any atom is 0.328 e. The lowest BCUT2D eigenvalue weighted by Crippen LogP contribution is -2.11. The lowest BCUT2D eigenvalue weighted by atomic mass is 10.1. The van der Waals surface area contributed by atoms with Gasteiger partial charge in [0.2, 0.25) is 0 Å². The molecule has 0 radical (unpaired) electrons. The first-order valence-corrected chi connectivity index (χ1v) is 6.79. The summed E-state index contributed by atoms with van der Waals surface area (Å²) in [5.74, 6) is -0.110. The number of aliphatic carboxylic acids is 1. The molecule has 0 spiro atoms. The number of carbonyl (C=O) groups is 1. The van der Waals surface area contributed by atoms with Gasteiger partial charge in [-0.2, -0.15) is 0 Å². The first-order chi connectivity index (χ1) is 9.11. The number of benzene rings is 1. The molecule has 1 rings (SSSR count). The quantitative estimate of drug-likeness (QED) is 0.566. The molecule has 1 aromatic rings. The van der Waals surface area contributed by atoms with Crippen molar-refractivity contribution in [2.24, 2.45) is 0 Å². The minimum absolute atomic E-state index is 0.215. The Morgan fingerprint density at radius 1 is 1.32 bits per heavy atom. The molecule has 0 saturated carbocycles. The second kappa shape index (κ2) is 8.35. The summed E-state index contributed by atoms with van der Waals surface area (Å²) >= 11 is 0. The molecule has 0 saturated heterocycles. The molecule has 0 aromatic heterocycles. The average molecular weight is 262 g/mol. The molecule has 0 bridgehead atoms. The van der Waals surface area contributed by atoms with Crippen LogP contribution in [-0.4, -0.2) is 17.2 Å². The van der Waals surface area contributed by atoms with Gasteiger partial charge in [0.25, 0.3) is 0 Å². The Kier molecular flexibility index (Phi) is 6.72. The van der Waals surface area contributed by atoms with Gasteiger partial charge < -0.3 is 9.84 Å². The van der Waals surface area contributed by atoms with Gasteiger partial charge in [0.05, 0.1) is 6.10 Å². The van der Waals surface area contributed by atoms with Crippen molar-refractivity contribution in [2.45, 2.75) is 45.6 Å². The zero-order valence-corrected chi connectivity index (χ0v) is 11.6. The Morgan fingerprint density at radius 2 is 2.00 bits per heavy atom. The molecule has 1 unspecified atom stereocenters. The molecule has 0 aliphatic rings. The van der Waals surface area contributed by atoms with Crippen LogP contribution in [0.15, 0.2) is 30.3 Å². The van der Waals surface area contributed by atoms with E-state index in [1.54, 1.807) is 6.08 Å². The van der Waals surface area contributed by atoms with Crippen LogP contribution in [0.4, 0.5) is 0 Å². The van der Waals surface area contributed by atoms with E-state index in [4.69, 9.17) is 9.84 Å². The van der Waals surface area contributed by atoms with E-state index in [2.05, 4.69) is 13.8 Å². The van der Waals surface area contributed by atoms with Gasteiger partial charge in [-0.15, -0.1) is 0 Å². The van der Waals surface area contributed by atoms with Crippen LogP contribution in [0.25, 0.3) is 6.08 Å². The van der Waals surface area contributed by atoms with Crippen LogP contribution < -0.4 is 4.74 Å². The predicted octanol–water partition coefficient (Wildman–Crippen LogP) is 4.13. The maximum atomic E-state index is 10.4. The van der Waals surface area contributed by atoms with E-state index < -0.39 is 5.97 Å². The molecule has 0 amide bonds. The Morgan fingerprint density at radius 3 is 2.58 bits per heavy atom. The molecule has 0 heterocycles. The van der Waals surface area contributed by atoms with Gasteiger partial charge in [-0.05, 0) is 43.5 Å². The molecule has 3 heteroatoms. The number of rotatable bonds is 8. The third-order valence-corrected chi connectivity index (χ3v) is 2.85. The lowest BCUT2D eigenvalue weighted by molar-refractivity contribution is -0.131. The lowest BCUT2D eigenvalue weighted by Gasteiger charge is -2.14. The highest BCUT2D eigenvalue weighted by Crippen LogP contribution is 2.16. The summed E-state index contributed by atoms with van der Waals surface area (Å²) in [4.78, 5) is 10.4. The van der Waals surface area contributed by atoms with E-state index in [-0.39, 0.29) is 6.10 Å². The van der Waals surface area contributed by atoms with Crippen LogP contribution in [-0.2, 0) is 4.79 Å². The first kappa shape index (κ1) is 15.3. The van der Waals surface area contributed by atoms with E-state index >= 15 is 0 Å². The molecule has 0 aliphatic carbocycles. The molecule has 19 heavy (non-hydrogen) atoms. The number of hydrogen-bond acceptors (Lipinski definition) is 2. The fourth-order valence-electron chi connectivity index (χ4n) is 1.80. The Labute approximate surface area is 114 Å². The van der Waals surface area contributed by atoms with Gasteiger partial charge in [0.1, 0.15) is 5.75 Å². The van der Waals surface area contributed by atoms with E-state index in [9.17, 15) is 4.79 Å². The summed E-state index contributed by atoms with van der Waals surface area (Å²) in [6, 6.07) is 7.46. The summed E-state index contributed by atoms with van der Waals surface area (Å²) < 4.78 is 5.80. The Hall–Kier alpha value is -1.77. The zero-order chi connectivity index (χ0) is 14.1. The van der Waals surface area contributed by atoms with Gasteiger partial charge in [-0.3, -0.25) is 0 Å². The van der Waals surface area contributed by atoms with Gasteiger partial charge in [-0.1, -0.05) is 31.9 Å². The highest BCUT2D eigenvalue weighted by molar-refractivity contribution is 5.85. The second-order valence-corrected chi connectivity index (χ2v) is 4.66. The Bertz CT molecular complexity index is 407. The summed E-state index contributed by atoms with van der Waals surface area (Å²) in [7, 11) is 0. The summed E-state index contributed by atoms with van der Waals surface area (Å²) in [6.07, 6.45) is 7.63. The molecule has 0 fully saturated rings. The van der Waals surface area contributed by atoms with Crippen molar-refractivity contribution >= 4 is 12.0 Å². The van der Waals surface area contributed by atoms with Crippen molar-refractivity contribution in [2.75, 3.05) is 0 Å². The van der Waals surface area contributed by atoms with Gasteiger partial charge >= 0.3 is 5.97 Å². The monoisotopic (exact) mass is 262 g/mol. The van der Waals surface area contributed by atoms with Crippen molar-refractivity contribution in [3.8, 4) is 5.75 Å². The SMILES string of the molecule is CCCCCC(C)Oc1ccc(C=CC(=O)O)cc1. The number of unbranched alkanes of at least 4 members (excludes halogenated alkanes) is 2. The second-order valence-electron chi connectivity index (χ2n) is 4.66. The average Bonchev–Trinajstić information content (AvgIpc) is 2.38. The third kappa shape index (κ3) is 6.65. The number of carboxylic acid groups (broad SMARTS) is 1. The minimum Gasteiger partial charge on any atom is -0.491 e. The maximum absolute atomic E-state index is 10.4. The van der Waals surface area contributed by atoms with E-state index in [0.29, 0.717) is 0 Å². The van der Waals surface area contributed by atoms with Crippen molar-refractivity contribution < 1.29 is 14.6 Å².